The highest BCUT2D eigenvalue weighted by Gasteiger charge is 2.52. The molecule has 7 aromatic carbocycles. The van der Waals surface area contributed by atoms with Crippen molar-refractivity contribution in [1.29, 1.82) is 0 Å². The van der Waals surface area contributed by atoms with E-state index in [2.05, 4.69) is 132 Å². The maximum Gasteiger partial charge on any atom is 0.195 e. The highest BCUT2D eigenvalue weighted by Crippen LogP contribution is 2.64. The van der Waals surface area contributed by atoms with E-state index < -0.39 is 5.41 Å². The monoisotopic (exact) mass is 647 g/mol. The molecule has 0 saturated carbocycles. The lowest BCUT2D eigenvalue weighted by Gasteiger charge is -2.31. The lowest BCUT2D eigenvalue weighted by atomic mass is 9.70. The standard InChI is InChI=1S/C48H29N3/c1-49-43-25-13-24-41-46(43)38-27-26-34(29-42(38)48(41)39-22-10-8-20-36(39)37-21-9-11-23-40(37)48)33-18-12-19-35(28-33)45-30-44(31-14-4-2-5-15-31)50-47(51-45)32-16-6-3-7-17-32/h2-30H. The molecule has 3 nitrogen and oxygen atoms in total. The predicted molar refractivity (Wildman–Crippen MR) is 206 cm³/mol. The summed E-state index contributed by atoms with van der Waals surface area (Å²) in [5.41, 5.74) is 16.8. The SMILES string of the molecule is [C-]#[N+]c1cccc2c1-c1ccc(-c3cccc(-c4cc(-c5ccccc5)nc(-c5ccccc5)n4)c3)cc1C21c2ccccc2-c2ccccc21. The van der Waals surface area contributed by atoms with Gasteiger partial charge in [0.15, 0.2) is 11.5 Å². The summed E-state index contributed by atoms with van der Waals surface area (Å²) in [5, 5.41) is 0. The molecule has 0 unspecified atom stereocenters. The minimum Gasteiger partial charge on any atom is -0.238 e. The summed E-state index contributed by atoms with van der Waals surface area (Å²) in [5.74, 6) is 0.698. The van der Waals surface area contributed by atoms with Crippen molar-refractivity contribution in [3.63, 3.8) is 0 Å². The fourth-order valence-corrected chi connectivity index (χ4v) is 8.37. The van der Waals surface area contributed by atoms with E-state index in [1.54, 1.807) is 0 Å². The molecule has 0 radical (unpaired) electrons. The van der Waals surface area contributed by atoms with Crippen molar-refractivity contribution in [2.24, 2.45) is 0 Å². The Bertz CT molecular complexity index is 2600. The Labute approximate surface area is 297 Å². The van der Waals surface area contributed by atoms with Gasteiger partial charge in [0.05, 0.1) is 23.4 Å². The van der Waals surface area contributed by atoms with Gasteiger partial charge in [-0.25, -0.2) is 14.8 Å². The third kappa shape index (κ3) is 4.30. The molecule has 0 amide bonds. The first-order chi connectivity index (χ1) is 25.2. The number of aromatic nitrogens is 2. The van der Waals surface area contributed by atoms with Crippen LogP contribution in [0.4, 0.5) is 5.69 Å². The Kier molecular flexibility index (Phi) is 6.46. The summed E-state index contributed by atoms with van der Waals surface area (Å²) < 4.78 is 0. The Morgan fingerprint density at radius 3 is 1.65 bits per heavy atom. The molecule has 2 aliphatic carbocycles. The van der Waals surface area contributed by atoms with E-state index in [1.807, 2.05) is 48.5 Å². The van der Waals surface area contributed by atoms with Crippen molar-refractivity contribution in [2.75, 3.05) is 0 Å². The van der Waals surface area contributed by atoms with Crippen molar-refractivity contribution < 1.29 is 0 Å². The molecule has 2 aliphatic rings. The highest BCUT2D eigenvalue weighted by molar-refractivity contribution is 5.99. The number of rotatable bonds is 4. The molecule has 8 aromatic rings. The fraction of sp³-hybridized carbons (Fsp3) is 0.0208. The van der Waals surface area contributed by atoms with E-state index in [0.29, 0.717) is 11.5 Å². The Hall–Kier alpha value is -6.89. The molecule has 0 fully saturated rings. The number of benzene rings is 7. The van der Waals surface area contributed by atoms with Crippen LogP contribution in [0.25, 0.3) is 72.1 Å². The Morgan fingerprint density at radius 2 is 0.941 bits per heavy atom. The molecule has 3 heteroatoms. The average molecular weight is 648 g/mol. The van der Waals surface area contributed by atoms with Crippen LogP contribution in [0.5, 0.6) is 0 Å². The third-order valence-corrected chi connectivity index (χ3v) is 10.5. The van der Waals surface area contributed by atoms with Crippen LogP contribution in [0.15, 0.2) is 176 Å². The molecule has 0 atom stereocenters. The zero-order valence-corrected chi connectivity index (χ0v) is 27.6. The van der Waals surface area contributed by atoms with E-state index >= 15 is 0 Å². The van der Waals surface area contributed by atoms with Crippen LogP contribution >= 0.6 is 0 Å². The van der Waals surface area contributed by atoms with E-state index in [9.17, 15) is 0 Å². The van der Waals surface area contributed by atoms with Crippen LogP contribution in [0.2, 0.25) is 0 Å². The van der Waals surface area contributed by atoms with Gasteiger partial charge in [0.25, 0.3) is 0 Å². The number of hydrogen-bond acceptors (Lipinski definition) is 2. The van der Waals surface area contributed by atoms with Crippen molar-refractivity contribution in [3.8, 4) is 67.3 Å². The molecule has 0 N–H and O–H groups in total. The third-order valence-electron chi connectivity index (χ3n) is 10.5. The van der Waals surface area contributed by atoms with Gasteiger partial charge in [0.2, 0.25) is 0 Å². The first kappa shape index (κ1) is 29.1. The zero-order chi connectivity index (χ0) is 33.9. The largest absolute Gasteiger partial charge is 0.238 e. The van der Waals surface area contributed by atoms with Crippen LogP contribution in [-0.4, -0.2) is 9.97 Å². The summed E-state index contributed by atoms with van der Waals surface area (Å²) in [7, 11) is 0. The molecular formula is C48H29N3. The molecule has 0 bridgehead atoms. The molecule has 1 aromatic heterocycles. The van der Waals surface area contributed by atoms with Gasteiger partial charge < -0.3 is 0 Å². The van der Waals surface area contributed by atoms with Gasteiger partial charge in [-0.15, -0.1) is 0 Å². The topological polar surface area (TPSA) is 30.1 Å². The van der Waals surface area contributed by atoms with E-state index in [-0.39, 0.29) is 0 Å². The van der Waals surface area contributed by atoms with Crippen LogP contribution in [0, 0.1) is 6.57 Å². The molecule has 51 heavy (non-hydrogen) atoms. The molecule has 1 heterocycles. The maximum absolute atomic E-state index is 8.14. The second-order valence-corrected chi connectivity index (χ2v) is 13.2. The first-order valence-electron chi connectivity index (χ1n) is 17.2. The lowest BCUT2D eigenvalue weighted by Crippen LogP contribution is -2.25. The van der Waals surface area contributed by atoms with Crippen LogP contribution in [0.3, 0.4) is 0 Å². The molecule has 0 saturated heterocycles. The van der Waals surface area contributed by atoms with Gasteiger partial charge in [0, 0.05) is 16.7 Å². The fourth-order valence-electron chi connectivity index (χ4n) is 8.37. The second-order valence-electron chi connectivity index (χ2n) is 13.2. The normalized spacial score (nSPS) is 12.8. The quantitative estimate of drug-likeness (QED) is 0.178. The number of hydrogen-bond donors (Lipinski definition) is 0. The van der Waals surface area contributed by atoms with Gasteiger partial charge >= 0.3 is 0 Å². The highest BCUT2D eigenvalue weighted by atomic mass is 14.9. The summed E-state index contributed by atoms with van der Waals surface area (Å²) >= 11 is 0. The Morgan fingerprint density at radius 1 is 0.392 bits per heavy atom. The van der Waals surface area contributed by atoms with Crippen LogP contribution in [0.1, 0.15) is 22.3 Å². The van der Waals surface area contributed by atoms with Crippen molar-refractivity contribution in [2.45, 2.75) is 5.41 Å². The minimum atomic E-state index is -0.520. The smallest absolute Gasteiger partial charge is 0.195 e. The van der Waals surface area contributed by atoms with Gasteiger partial charge in [0.1, 0.15) is 0 Å². The summed E-state index contributed by atoms with van der Waals surface area (Å²) in [4.78, 5) is 14.1. The molecule has 0 aliphatic heterocycles. The van der Waals surface area contributed by atoms with Crippen LogP contribution in [-0.2, 0) is 5.41 Å². The molecular weight excluding hydrogens is 619 g/mol. The molecule has 236 valence electrons. The molecule has 10 rings (SSSR count). The summed E-state index contributed by atoms with van der Waals surface area (Å²) in [6.45, 7) is 8.14. The van der Waals surface area contributed by atoms with Gasteiger partial charge in [-0.05, 0) is 73.8 Å². The average Bonchev–Trinajstić information content (AvgIpc) is 3.68. The first-order valence-corrected chi connectivity index (χ1v) is 17.2. The van der Waals surface area contributed by atoms with E-state index in [1.165, 1.54) is 33.4 Å². The van der Waals surface area contributed by atoms with Crippen LogP contribution < -0.4 is 0 Å². The Balaban J connectivity index is 1.17. The lowest BCUT2D eigenvalue weighted by molar-refractivity contribution is 0.794. The zero-order valence-electron chi connectivity index (χ0n) is 27.6. The minimum absolute atomic E-state index is 0.520. The molecule has 1 spiro atoms. The predicted octanol–water partition coefficient (Wildman–Crippen LogP) is 12.0. The summed E-state index contributed by atoms with van der Waals surface area (Å²) in [6, 6.07) is 61.8. The van der Waals surface area contributed by atoms with Gasteiger partial charge in [-0.1, -0.05) is 158 Å². The summed E-state index contributed by atoms with van der Waals surface area (Å²) in [6.07, 6.45) is 0. The van der Waals surface area contributed by atoms with E-state index in [4.69, 9.17) is 16.5 Å². The second kappa shape index (κ2) is 11.3. The number of nitrogens with zero attached hydrogens (tertiary/aromatic N) is 3. The van der Waals surface area contributed by atoms with Gasteiger partial charge in [-0.3, -0.25) is 0 Å². The van der Waals surface area contributed by atoms with Crippen molar-refractivity contribution >= 4 is 5.69 Å². The van der Waals surface area contributed by atoms with Gasteiger partial charge in [-0.2, -0.15) is 0 Å². The van der Waals surface area contributed by atoms with E-state index in [0.717, 1.165) is 50.3 Å². The maximum atomic E-state index is 8.14. The van der Waals surface area contributed by atoms with Crippen molar-refractivity contribution in [3.05, 3.63) is 210 Å². The number of fused-ring (bicyclic) bond motifs is 10. The van der Waals surface area contributed by atoms with Crippen molar-refractivity contribution in [1.82, 2.24) is 9.97 Å².